The first-order valence-electron chi connectivity index (χ1n) is 9.34. The van der Waals surface area contributed by atoms with Gasteiger partial charge in [0, 0.05) is 51.8 Å². The molecule has 144 valence electrons. The minimum atomic E-state index is -3.47. The molecule has 0 saturated carbocycles. The quantitative estimate of drug-likeness (QED) is 0.775. The van der Waals surface area contributed by atoms with Crippen molar-refractivity contribution >= 4 is 16.1 Å². The first kappa shape index (κ1) is 17.9. The molecule has 1 aromatic heterocycles. The van der Waals surface area contributed by atoms with E-state index in [0.29, 0.717) is 25.3 Å². The summed E-state index contributed by atoms with van der Waals surface area (Å²) in [7, 11) is -0.375. The van der Waals surface area contributed by atoms with Crippen molar-refractivity contribution in [2.75, 3.05) is 33.7 Å². The Labute approximate surface area is 154 Å². The minimum absolute atomic E-state index is 0.101. The summed E-state index contributed by atoms with van der Waals surface area (Å²) in [6.07, 6.45) is 5.58. The van der Waals surface area contributed by atoms with Crippen molar-refractivity contribution in [2.24, 2.45) is 5.92 Å². The van der Waals surface area contributed by atoms with Crippen LogP contribution in [0.2, 0.25) is 0 Å². The Morgan fingerprint density at radius 3 is 2.69 bits per heavy atom. The summed E-state index contributed by atoms with van der Waals surface area (Å²) in [6.45, 7) is 1.41. The minimum Gasteiger partial charge on any atom is -0.360 e. The number of carbonyl (C=O) groups excluding carboxylic acids is 1. The molecular formula is C17H26N4O4S. The normalized spacial score (nSPS) is 26.8. The third kappa shape index (κ3) is 2.95. The zero-order chi connectivity index (χ0) is 18.5. The molecule has 3 aliphatic heterocycles. The topological polar surface area (TPSA) is 87.0 Å². The number of fused-ring (bicyclic) bond motifs is 5. The second-order valence-corrected chi connectivity index (χ2v) is 9.94. The Hall–Kier alpha value is -1.45. The number of piperidine rings is 1. The third-order valence-corrected chi connectivity index (χ3v) is 7.75. The molecule has 0 N–H and O–H groups in total. The highest BCUT2D eigenvalue weighted by atomic mass is 32.2. The SMILES string of the molecule is CN(C)S(=O)(=O)N1C[C@H]2CC[C@@H](C1)N(C(=O)c1noc3c1CCCC3)C2. The number of hydrogen-bond donors (Lipinski definition) is 0. The van der Waals surface area contributed by atoms with Gasteiger partial charge in [-0.1, -0.05) is 5.16 Å². The molecule has 0 spiro atoms. The lowest BCUT2D eigenvalue weighted by atomic mass is 9.93. The van der Waals surface area contributed by atoms with Gasteiger partial charge < -0.3 is 9.42 Å². The largest absolute Gasteiger partial charge is 0.360 e. The number of amides is 1. The van der Waals surface area contributed by atoms with E-state index in [1.807, 2.05) is 4.90 Å². The van der Waals surface area contributed by atoms with Gasteiger partial charge in [0.15, 0.2) is 5.69 Å². The maximum atomic E-state index is 13.2. The fourth-order valence-corrected chi connectivity index (χ4v) is 5.62. The first-order valence-corrected chi connectivity index (χ1v) is 10.7. The fraction of sp³-hybridized carbons (Fsp3) is 0.765. The van der Waals surface area contributed by atoms with Gasteiger partial charge in [-0.2, -0.15) is 17.0 Å². The highest BCUT2D eigenvalue weighted by molar-refractivity contribution is 7.86. The van der Waals surface area contributed by atoms with Gasteiger partial charge in [0.1, 0.15) is 5.76 Å². The lowest BCUT2D eigenvalue weighted by molar-refractivity contribution is 0.0577. The van der Waals surface area contributed by atoms with E-state index in [9.17, 15) is 13.2 Å². The van der Waals surface area contributed by atoms with Crippen LogP contribution in [0.3, 0.4) is 0 Å². The van der Waals surface area contributed by atoms with Crippen LogP contribution in [-0.4, -0.2) is 72.8 Å². The van der Waals surface area contributed by atoms with E-state index in [0.717, 1.165) is 49.8 Å². The van der Waals surface area contributed by atoms with Crippen LogP contribution < -0.4 is 0 Å². The molecule has 26 heavy (non-hydrogen) atoms. The van der Waals surface area contributed by atoms with Crippen molar-refractivity contribution in [3.8, 4) is 0 Å². The number of carbonyl (C=O) groups is 1. The van der Waals surface area contributed by atoms with Crippen LogP contribution in [0.1, 0.15) is 47.5 Å². The van der Waals surface area contributed by atoms with E-state index in [2.05, 4.69) is 5.16 Å². The molecule has 0 radical (unpaired) electrons. The van der Waals surface area contributed by atoms with Gasteiger partial charge >= 0.3 is 0 Å². The Bertz CT molecular complexity index is 804. The van der Waals surface area contributed by atoms with E-state index in [1.54, 1.807) is 14.1 Å². The predicted octanol–water partition coefficient (Wildman–Crippen LogP) is 0.896. The summed E-state index contributed by atoms with van der Waals surface area (Å²) in [5.74, 6) is 0.905. The Morgan fingerprint density at radius 1 is 1.15 bits per heavy atom. The van der Waals surface area contributed by atoms with Crippen LogP contribution in [0.15, 0.2) is 4.52 Å². The molecule has 5 rings (SSSR count). The molecule has 1 amide bonds. The van der Waals surface area contributed by atoms with Crippen LogP contribution >= 0.6 is 0 Å². The van der Waals surface area contributed by atoms with Gasteiger partial charge in [0.05, 0.1) is 0 Å². The summed E-state index contributed by atoms with van der Waals surface area (Å²) in [6, 6.07) is -0.105. The number of hydrogen-bond acceptors (Lipinski definition) is 5. The van der Waals surface area contributed by atoms with E-state index < -0.39 is 10.2 Å². The van der Waals surface area contributed by atoms with Gasteiger partial charge in [-0.3, -0.25) is 4.79 Å². The second-order valence-electron chi connectivity index (χ2n) is 7.80. The lowest BCUT2D eigenvalue weighted by Gasteiger charge is -2.35. The van der Waals surface area contributed by atoms with Crippen LogP contribution in [0.5, 0.6) is 0 Å². The van der Waals surface area contributed by atoms with E-state index >= 15 is 0 Å². The maximum Gasteiger partial charge on any atom is 0.281 e. The van der Waals surface area contributed by atoms with Crippen LogP contribution in [0, 0.1) is 5.92 Å². The third-order valence-electron chi connectivity index (χ3n) is 5.88. The molecule has 2 bridgehead atoms. The van der Waals surface area contributed by atoms with Gasteiger partial charge in [0.25, 0.3) is 16.1 Å². The van der Waals surface area contributed by atoms with Gasteiger partial charge in [-0.05, 0) is 38.0 Å². The van der Waals surface area contributed by atoms with Gasteiger partial charge in [-0.15, -0.1) is 0 Å². The second kappa shape index (κ2) is 6.61. The fourth-order valence-electron chi connectivity index (χ4n) is 4.40. The molecule has 2 atom stereocenters. The molecular weight excluding hydrogens is 356 g/mol. The summed E-state index contributed by atoms with van der Waals surface area (Å²) < 4.78 is 33.3. The molecule has 4 heterocycles. The summed E-state index contributed by atoms with van der Waals surface area (Å²) in [5.41, 5.74) is 1.40. The van der Waals surface area contributed by atoms with Crippen LogP contribution in [0.4, 0.5) is 0 Å². The summed E-state index contributed by atoms with van der Waals surface area (Å²) in [4.78, 5) is 15.0. The molecule has 4 aliphatic rings. The number of nitrogens with zero attached hydrogens (tertiary/aromatic N) is 4. The highest BCUT2D eigenvalue weighted by Crippen LogP contribution is 2.32. The molecule has 8 nitrogen and oxygen atoms in total. The maximum absolute atomic E-state index is 13.2. The monoisotopic (exact) mass is 382 g/mol. The smallest absolute Gasteiger partial charge is 0.281 e. The molecule has 0 aromatic carbocycles. The Balaban J connectivity index is 1.59. The standard InChI is InChI=1S/C17H26N4O4S/c1-19(2)26(23,24)20-9-12-7-8-13(11-20)21(10-12)17(22)16-14-5-3-4-6-15(14)25-18-16/h12-13H,3-11H2,1-2H3/t12-,13+/m1/s1. The first-order chi connectivity index (χ1) is 12.4. The molecule has 3 saturated heterocycles. The van der Waals surface area contributed by atoms with Crippen molar-refractivity contribution in [3.05, 3.63) is 17.0 Å². The molecule has 0 unspecified atom stereocenters. The van der Waals surface area contributed by atoms with Gasteiger partial charge in [-0.25, -0.2) is 0 Å². The van der Waals surface area contributed by atoms with E-state index in [4.69, 9.17) is 4.52 Å². The zero-order valence-electron chi connectivity index (χ0n) is 15.3. The van der Waals surface area contributed by atoms with E-state index in [1.165, 1.54) is 8.61 Å². The summed E-state index contributed by atoms with van der Waals surface area (Å²) in [5, 5.41) is 4.08. The van der Waals surface area contributed by atoms with Crippen LogP contribution in [-0.2, 0) is 23.1 Å². The molecule has 1 aliphatic carbocycles. The predicted molar refractivity (Wildman–Crippen MR) is 94.9 cm³/mol. The van der Waals surface area contributed by atoms with Crippen molar-refractivity contribution < 1.29 is 17.7 Å². The van der Waals surface area contributed by atoms with Gasteiger partial charge in [0.2, 0.25) is 0 Å². The Morgan fingerprint density at radius 2 is 1.92 bits per heavy atom. The number of aromatic nitrogens is 1. The van der Waals surface area contributed by atoms with Crippen molar-refractivity contribution in [1.82, 2.24) is 18.7 Å². The van der Waals surface area contributed by atoms with E-state index in [-0.39, 0.29) is 17.9 Å². The number of aryl methyl sites for hydroxylation is 1. The van der Waals surface area contributed by atoms with Crippen LogP contribution in [0.25, 0.3) is 0 Å². The van der Waals surface area contributed by atoms with Crippen molar-refractivity contribution in [3.63, 3.8) is 0 Å². The molecule has 9 heteroatoms. The lowest BCUT2D eigenvalue weighted by Crippen LogP contribution is -2.48. The summed E-state index contributed by atoms with van der Waals surface area (Å²) >= 11 is 0. The molecule has 3 fully saturated rings. The molecule has 1 aromatic rings. The van der Waals surface area contributed by atoms with Crippen molar-refractivity contribution in [1.29, 1.82) is 0 Å². The average molecular weight is 382 g/mol. The average Bonchev–Trinajstić information content (AvgIpc) is 2.82. The zero-order valence-corrected chi connectivity index (χ0v) is 16.2. The number of rotatable bonds is 3. The highest BCUT2D eigenvalue weighted by Gasteiger charge is 2.42. The Kier molecular flexibility index (Phi) is 4.56. The van der Waals surface area contributed by atoms with Crippen molar-refractivity contribution in [2.45, 2.75) is 44.6 Å².